The third-order valence-electron chi connectivity index (χ3n) is 3.53. The van der Waals surface area contributed by atoms with Crippen LogP contribution in [0.4, 0.5) is 0 Å². The van der Waals surface area contributed by atoms with Crippen LogP contribution in [0.25, 0.3) is 0 Å². The van der Waals surface area contributed by atoms with E-state index in [0.717, 1.165) is 30.7 Å². The minimum atomic E-state index is -0.405. The number of nitrogens with one attached hydrogen (secondary N) is 2. The summed E-state index contributed by atoms with van der Waals surface area (Å²) in [6.07, 6.45) is 1.96. The van der Waals surface area contributed by atoms with Crippen molar-refractivity contribution >= 4 is 5.91 Å². The molecule has 2 rings (SSSR count). The molecule has 1 unspecified atom stereocenters. The predicted octanol–water partition coefficient (Wildman–Crippen LogP) is 1.84. The molecule has 4 heteroatoms. The summed E-state index contributed by atoms with van der Waals surface area (Å²) in [7, 11) is 0. The van der Waals surface area contributed by atoms with Crippen molar-refractivity contribution in [3.8, 4) is 5.75 Å². The van der Waals surface area contributed by atoms with E-state index in [9.17, 15) is 4.79 Å². The van der Waals surface area contributed by atoms with Crippen LogP contribution in [0.5, 0.6) is 5.75 Å². The molecule has 1 aliphatic rings. The SMILES string of the molecule is CCOc1cccc(CNC(=O)C2(C)CCCN2)c1. The van der Waals surface area contributed by atoms with Gasteiger partial charge in [0.15, 0.2) is 0 Å². The summed E-state index contributed by atoms with van der Waals surface area (Å²) >= 11 is 0. The molecule has 1 aliphatic heterocycles. The highest BCUT2D eigenvalue weighted by Crippen LogP contribution is 2.19. The maximum absolute atomic E-state index is 12.1. The Morgan fingerprint density at radius 1 is 1.53 bits per heavy atom. The van der Waals surface area contributed by atoms with E-state index in [1.165, 1.54) is 0 Å². The molecular formula is C15H22N2O2. The second-order valence-corrected chi connectivity index (χ2v) is 5.13. The molecule has 1 fully saturated rings. The molecule has 1 saturated heterocycles. The van der Waals surface area contributed by atoms with Gasteiger partial charge in [-0.3, -0.25) is 4.79 Å². The lowest BCUT2D eigenvalue weighted by molar-refractivity contribution is -0.126. The van der Waals surface area contributed by atoms with Crippen LogP contribution in [0.1, 0.15) is 32.3 Å². The Bertz CT molecular complexity index is 440. The van der Waals surface area contributed by atoms with Crippen molar-refractivity contribution in [1.29, 1.82) is 0 Å². The number of hydrogen-bond acceptors (Lipinski definition) is 3. The highest BCUT2D eigenvalue weighted by molar-refractivity contribution is 5.86. The number of ether oxygens (including phenoxy) is 1. The van der Waals surface area contributed by atoms with Gasteiger partial charge in [0.1, 0.15) is 5.75 Å². The van der Waals surface area contributed by atoms with Crippen molar-refractivity contribution in [3.05, 3.63) is 29.8 Å². The first-order valence-corrected chi connectivity index (χ1v) is 6.89. The van der Waals surface area contributed by atoms with Gasteiger partial charge in [-0.2, -0.15) is 0 Å². The summed E-state index contributed by atoms with van der Waals surface area (Å²) in [5.41, 5.74) is 0.651. The molecular weight excluding hydrogens is 240 g/mol. The second kappa shape index (κ2) is 6.06. The lowest BCUT2D eigenvalue weighted by Crippen LogP contribution is -2.50. The summed E-state index contributed by atoms with van der Waals surface area (Å²) in [5, 5.41) is 6.26. The van der Waals surface area contributed by atoms with Gasteiger partial charge in [-0.05, 0) is 50.9 Å². The molecule has 2 N–H and O–H groups in total. The van der Waals surface area contributed by atoms with Gasteiger partial charge < -0.3 is 15.4 Å². The van der Waals surface area contributed by atoms with E-state index in [1.807, 2.05) is 38.1 Å². The Hall–Kier alpha value is -1.55. The standard InChI is InChI=1S/C15H22N2O2/c1-3-19-13-7-4-6-12(10-13)11-16-14(18)15(2)8-5-9-17-15/h4,6-7,10,17H,3,5,8-9,11H2,1-2H3,(H,16,18). The largest absolute Gasteiger partial charge is 0.494 e. The van der Waals surface area contributed by atoms with Crippen LogP contribution in [0, 0.1) is 0 Å². The third kappa shape index (κ3) is 3.47. The predicted molar refractivity (Wildman–Crippen MR) is 75.1 cm³/mol. The molecule has 0 spiro atoms. The van der Waals surface area contributed by atoms with Crippen LogP contribution < -0.4 is 15.4 Å². The summed E-state index contributed by atoms with van der Waals surface area (Å²) in [6.45, 7) is 6.03. The van der Waals surface area contributed by atoms with Crippen LogP contribution in [0.3, 0.4) is 0 Å². The van der Waals surface area contributed by atoms with Gasteiger partial charge in [0.05, 0.1) is 12.1 Å². The van der Waals surface area contributed by atoms with Crippen LogP contribution in [-0.2, 0) is 11.3 Å². The summed E-state index contributed by atoms with van der Waals surface area (Å²) < 4.78 is 5.45. The fourth-order valence-corrected chi connectivity index (χ4v) is 2.38. The zero-order valence-electron chi connectivity index (χ0n) is 11.7. The quantitative estimate of drug-likeness (QED) is 0.851. The summed E-state index contributed by atoms with van der Waals surface area (Å²) in [6, 6.07) is 7.83. The number of carbonyl (C=O) groups is 1. The number of amides is 1. The first kappa shape index (κ1) is 13.9. The van der Waals surface area contributed by atoms with Gasteiger partial charge >= 0.3 is 0 Å². The number of benzene rings is 1. The Kier molecular flexibility index (Phi) is 4.43. The van der Waals surface area contributed by atoms with E-state index in [-0.39, 0.29) is 5.91 Å². The van der Waals surface area contributed by atoms with Crippen LogP contribution in [0.2, 0.25) is 0 Å². The second-order valence-electron chi connectivity index (χ2n) is 5.13. The Labute approximate surface area is 114 Å². The maximum atomic E-state index is 12.1. The average molecular weight is 262 g/mol. The van der Waals surface area contributed by atoms with E-state index in [2.05, 4.69) is 10.6 Å². The molecule has 0 bridgehead atoms. The molecule has 0 aromatic heterocycles. The Balaban J connectivity index is 1.91. The molecule has 0 radical (unpaired) electrons. The first-order chi connectivity index (χ1) is 9.14. The first-order valence-electron chi connectivity index (χ1n) is 6.89. The van der Waals surface area contributed by atoms with Gasteiger partial charge in [0.2, 0.25) is 5.91 Å². The maximum Gasteiger partial charge on any atom is 0.240 e. The van der Waals surface area contributed by atoms with Gasteiger partial charge in [-0.25, -0.2) is 0 Å². The minimum Gasteiger partial charge on any atom is -0.494 e. The lowest BCUT2D eigenvalue weighted by atomic mass is 9.99. The molecule has 19 heavy (non-hydrogen) atoms. The van der Waals surface area contributed by atoms with Crippen LogP contribution in [0.15, 0.2) is 24.3 Å². The zero-order valence-corrected chi connectivity index (χ0v) is 11.7. The topological polar surface area (TPSA) is 50.4 Å². The summed E-state index contributed by atoms with van der Waals surface area (Å²) in [4.78, 5) is 12.1. The lowest BCUT2D eigenvalue weighted by Gasteiger charge is -2.23. The summed E-state index contributed by atoms with van der Waals surface area (Å²) in [5.74, 6) is 0.922. The third-order valence-corrected chi connectivity index (χ3v) is 3.53. The van der Waals surface area contributed by atoms with Crippen molar-refractivity contribution in [2.75, 3.05) is 13.2 Å². The van der Waals surface area contributed by atoms with Crippen LogP contribution in [-0.4, -0.2) is 24.6 Å². The van der Waals surface area contributed by atoms with Crippen molar-refractivity contribution in [2.24, 2.45) is 0 Å². The molecule has 1 heterocycles. The molecule has 4 nitrogen and oxygen atoms in total. The minimum absolute atomic E-state index is 0.0758. The number of carbonyl (C=O) groups excluding carboxylic acids is 1. The van der Waals surface area contributed by atoms with Crippen molar-refractivity contribution < 1.29 is 9.53 Å². The molecule has 1 atom stereocenters. The Morgan fingerprint density at radius 3 is 3.05 bits per heavy atom. The number of rotatable bonds is 5. The van der Waals surface area contributed by atoms with Gasteiger partial charge in [-0.1, -0.05) is 12.1 Å². The van der Waals surface area contributed by atoms with Crippen molar-refractivity contribution in [2.45, 2.75) is 38.8 Å². The van der Waals surface area contributed by atoms with Gasteiger partial charge in [0.25, 0.3) is 0 Å². The molecule has 0 aliphatic carbocycles. The van der Waals surface area contributed by atoms with E-state index in [1.54, 1.807) is 0 Å². The normalized spacial score (nSPS) is 22.2. The fraction of sp³-hybridized carbons (Fsp3) is 0.533. The van der Waals surface area contributed by atoms with Crippen molar-refractivity contribution in [3.63, 3.8) is 0 Å². The Morgan fingerprint density at radius 2 is 2.37 bits per heavy atom. The molecule has 1 aromatic rings. The highest BCUT2D eigenvalue weighted by atomic mass is 16.5. The number of hydrogen-bond donors (Lipinski definition) is 2. The van der Waals surface area contributed by atoms with E-state index < -0.39 is 5.54 Å². The molecule has 1 amide bonds. The average Bonchev–Trinajstić information content (AvgIpc) is 2.85. The fourth-order valence-electron chi connectivity index (χ4n) is 2.38. The highest BCUT2D eigenvalue weighted by Gasteiger charge is 2.35. The molecule has 0 saturated carbocycles. The van der Waals surface area contributed by atoms with E-state index in [4.69, 9.17) is 4.74 Å². The van der Waals surface area contributed by atoms with E-state index in [0.29, 0.717) is 13.2 Å². The molecule has 1 aromatic carbocycles. The molecule has 104 valence electrons. The van der Waals surface area contributed by atoms with Crippen LogP contribution >= 0.6 is 0 Å². The smallest absolute Gasteiger partial charge is 0.240 e. The van der Waals surface area contributed by atoms with E-state index >= 15 is 0 Å². The monoisotopic (exact) mass is 262 g/mol. The van der Waals surface area contributed by atoms with Gasteiger partial charge in [0, 0.05) is 6.54 Å². The van der Waals surface area contributed by atoms with Gasteiger partial charge in [-0.15, -0.1) is 0 Å². The van der Waals surface area contributed by atoms with Crippen molar-refractivity contribution in [1.82, 2.24) is 10.6 Å². The zero-order chi connectivity index (χ0) is 13.7.